The Hall–Kier alpha value is -4.08. The Morgan fingerprint density at radius 2 is 1.85 bits per heavy atom. The zero-order chi connectivity index (χ0) is 36.1. The molecule has 0 amide bonds. The maximum absolute atomic E-state index is 14.2. The van der Waals surface area contributed by atoms with Crippen molar-refractivity contribution in [2.24, 2.45) is 23.7 Å². The monoisotopic (exact) mass is 704 g/mol. The van der Waals surface area contributed by atoms with Gasteiger partial charge in [-0.05, 0) is 87.1 Å². The van der Waals surface area contributed by atoms with Crippen LogP contribution in [0.25, 0.3) is 21.8 Å². The van der Waals surface area contributed by atoms with Crippen molar-refractivity contribution in [2.75, 3.05) is 48.0 Å². The molecule has 9 atom stereocenters. The number of nitrogens with zero attached hydrogens (tertiary/aromatic N) is 2. The third kappa shape index (κ3) is 4.67. The second-order valence-electron chi connectivity index (χ2n) is 16.3. The molecule has 274 valence electrons. The second-order valence-corrected chi connectivity index (χ2v) is 16.3. The minimum atomic E-state index is -0.725. The summed E-state index contributed by atoms with van der Waals surface area (Å²) in [6.45, 7) is 7.17. The summed E-state index contributed by atoms with van der Waals surface area (Å²) in [5.41, 5.74) is 8.50. The van der Waals surface area contributed by atoms with Crippen LogP contribution in [0.2, 0.25) is 0 Å². The number of ether oxygens (including phenoxy) is 3. The van der Waals surface area contributed by atoms with Crippen LogP contribution in [-0.2, 0) is 37.3 Å². The highest BCUT2D eigenvalue weighted by Crippen LogP contribution is 2.56. The molecule has 2 aromatic heterocycles. The lowest BCUT2D eigenvalue weighted by atomic mass is 9.56. The third-order valence-electron chi connectivity index (χ3n) is 14.1. The van der Waals surface area contributed by atoms with Gasteiger partial charge in [-0.15, -0.1) is 0 Å². The Kier molecular flexibility index (Phi) is 8.12. The van der Waals surface area contributed by atoms with E-state index in [9.17, 15) is 9.59 Å². The van der Waals surface area contributed by atoms with E-state index < -0.39 is 5.41 Å². The number of fused-ring (bicyclic) bond motifs is 9. The number of allylic oxidation sites excluding steroid dienone is 1. The van der Waals surface area contributed by atoms with Crippen LogP contribution in [0, 0.1) is 23.7 Å². The van der Waals surface area contributed by atoms with Gasteiger partial charge in [0.1, 0.15) is 11.2 Å². The number of methoxy groups -OCH3 is 3. The fraction of sp³-hybridized carbons (Fsp3) is 0.535. The molecule has 1 saturated carbocycles. The Bertz CT molecular complexity index is 2110. The number of rotatable bonds is 5. The molecule has 6 bridgehead atoms. The smallest absolute Gasteiger partial charge is 0.319 e. The summed E-state index contributed by atoms with van der Waals surface area (Å²) in [5, 5.41) is 2.36. The van der Waals surface area contributed by atoms with Gasteiger partial charge in [0.2, 0.25) is 0 Å². The molecule has 0 spiro atoms. The number of H-pyrrole nitrogens is 2. The summed E-state index contributed by atoms with van der Waals surface area (Å²) in [7, 11) is 6.98. The number of carbonyl (C=O) groups is 2. The molecule has 2 aliphatic carbocycles. The lowest BCUT2D eigenvalue weighted by Crippen LogP contribution is -2.67. The number of likely N-dealkylation sites (N-methyl/N-ethyl adjacent to an activating group) is 1. The number of likely N-dealkylation sites (tertiary alicyclic amines) is 1. The highest BCUT2D eigenvalue weighted by molar-refractivity contribution is 5.93. The Labute approximate surface area is 306 Å². The SMILES string of the molecule is C/C=C1/CN(C)[C@H]2Cc3c([nH]c4ccccc34)[C@H](c3cc4c5c([nH]c4cc3OC)[C@]3(C(=O)OC)C[C@H]4C[C@H](CC)[C@@H]3N(CC5)C4)C[C@@H]1C2C(=O)OC. The maximum Gasteiger partial charge on any atom is 0.319 e. The van der Waals surface area contributed by atoms with Crippen molar-refractivity contribution in [2.45, 2.75) is 75.8 Å². The molecule has 2 unspecified atom stereocenters. The Morgan fingerprint density at radius 3 is 2.60 bits per heavy atom. The molecule has 52 heavy (non-hydrogen) atoms. The van der Waals surface area contributed by atoms with Crippen molar-refractivity contribution < 1.29 is 23.8 Å². The van der Waals surface area contributed by atoms with E-state index in [-0.39, 0.29) is 41.8 Å². The van der Waals surface area contributed by atoms with E-state index in [0.717, 1.165) is 85.2 Å². The normalized spacial score (nSPS) is 33.2. The maximum atomic E-state index is 14.2. The average molecular weight is 705 g/mol. The molecule has 4 aromatic rings. The first-order valence-electron chi connectivity index (χ1n) is 19.3. The number of aromatic amines is 2. The number of piperidine rings is 3. The Balaban J connectivity index is 1.28. The van der Waals surface area contributed by atoms with Gasteiger partial charge in [0.15, 0.2) is 0 Å². The fourth-order valence-electron chi connectivity index (χ4n) is 12.1. The summed E-state index contributed by atoms with van der Waals surface area (Å²) in [4.78, 5) is 40.7. The van der Waals surface area contributed by atoms with Gasteiger partial charge in [-0.25, -0.2) is 0 Å². The van der Waals surface area contributed by atoms with Gasteiger partial charge in [0, 0.05) is 82.5 Å². The standard InChI is InChI=1S/C43H52N4O5/c1-7-24-15-23-20-43(42(49)52-6)39-27(13-14-47(21-23)40(24)43)29-17-30(36(50-4)19-34(29)45-39)31-16-28-25(8-2)22-46(3)35(37(28)41(48)51-5)18-32-26-11-9-10-12-33(26)44-38(31)32/h8-12,17,19,23-24,28,31,35,37,40,44-45H,7,13-16,18,20-22H2,1-6H3/b25-8-/t23-,24+,28+,31+,35+,37?,40+,43-/m1/s1. The third-order valence-corrected chi connectivity index (χ3v) is 14.1. The molecule has 10 rings (SSSR count). The summed E-state index contributed by atoms with van der Waals surface area (Å²) < 4.78 is 17.6. The molecule has 9 nitrogen and oxygen atoms in total. The number of carbonyl (C=O) groups excluding carboxylic acids is 2. The van der Waals surface area contributed by atoms with Crippen LogP contribution in [0.5, 0.6) is 5.75 Å². The molecule has 9 heteroatoms. The summed E-state index contributed by atoms with van der Waals surface area (Å²) in [6, 6.07) is 13.2. The van der Waals surface area contributed by atoms with E-state index in [2.05, 4.69) is 83.1 Å². The van der Waals surface area contributed by atoms with E-state index in [0.29, 0.717) is 11.8 Å². The fourth-order valence-corrected chi connectivity index (χ4v) is 12.1. The molecule has 4 aliphatic heterocycles. The largest absolute Gasteiger partial charge is 0.496 e. The van der Waals surface area contributed by atoms with Crippen LogP contribution in [0.3, 0.4) is 0 Å². The molecular formula is C43H52N4O5. The molecule has 0 radical (unpaired) electrons. The zero-order valence-electron chi connectivity index (χ0n) is 31.4. The van der Waals surface area contributed by atoms with Crippen molar-refractivity contribution >= 4 is 33.7 Å². The van der Waals surface area contributed by atoms with E-state index in [1.165, 1.54) is 41.3 Å². The van der Waals surface area contributed by atoms with Gasteiger partial charge in [-0.2, -0.15) is 0 Å². The highest BCUT2D eigenvalue weighted by Gasteiger charge is 2.62. The van der Waals surface area contributed by atoms with E-state index in [1.54, 1.807) is 14.2 Å². The van der Waals surface area contributed by atoms with Crippen molar-refractivity contribution in [3.8, 4) is 5.75 Å². The summed E-state index contributed by atoms with van der Waals surface area (Å²) in [6.07, 6.45) is 7.60. The van der Waals surface area contributed by atoms with E-state index >= 15 is 0 Å². The highest BCUT2D eigenvalue weighted by atomic mass is 16.5. The summed E-state index contributed by atoms with van der Waals surface area (Å²) in [5.74, 6) is 1.10. The topological polar surface area (TPSA) is 99.9 Å². The molecule has 3 saturated heterocycles. The summed E-state index contributed by atoms with van der Waals surface area (Å²) >= 11 is 0. The van der Waals surface area contributed by atoms with Crippen LogP contribution >= 0.6 is 0 Å². The second kappa shape index (κ2) is 12.5. The molecule has 6 heterocycles. The first-order chi connectivity index (χ1) is 25.3. The van der Waals surface area contributed by atoms with E-state index in [4.69, 9.17) is 14.2 Å². The van der Waals surface area contributed by atoms with Crippen LogP contribution in [0.1, 0.15) is 73.5 Å². The zero-order valence-corrected chi connectivity index (χ0v) is 31.4. The minimum absolute atomic E-state index is 0.00289. The number of esters is 2. The Morgan fingerprint density at radius 1 is 1.02 bits per heavy atom. The number of aromatic nitrogens is 2. The number of benzene rings is 2. The first kappa shape index (κ1) is 33.7. The average Bonchev–Trinajstić information content (AvgIpc) is 3.69. The van der Waals surface area contributed by atoms with Crippen molar-refractivity contribution in [1.29, 1.82) is 0 Å². The molecule has 6 aliphatic rings. The van der Waals surface area contributed by atoms with Crippen LogP contribution in [-0.4, -0.2) is 91.8 Å². The number of nitrogens with one attached hydrogen (secondary N) is 2. The van der Waals surface area contributed by atoms with Crippen LogP contribution < -0.4 is 4.74 Å². The van der Waals surface area contributed by atoms with Crippen LogP contribution in [0.4, 0.5) is 0 Å². The number of para-hydroxylation sites is 1. The van der Waals surface area contributed by atoms with Crippen molar-refractivity contribution in [3.63, 3.8) is 0 Å². The molecule has 2 aromatic carbocycles. The van der Waals surface area contributed by atoms with Gasteiger partial charge >= 0.3 is 11.9 Å². The van der Waals surface area contributed by atoms with Gasteiger partial charge < -0.3 is 24.2 Å². The van der Waals surface area contributed by atoms with Gasteiger partial charge in [0.25, 0.3) is 0 Å². The van der Waals surface area contributed by atoms with Gasteiger partial charge in [-0.3, -0.25) is 19.4 Å². The lowest BCUT2D eigenvalue weighted by molar-refractivity contribution is -0.162. The molecule has 2 N–H and O–H groups in total. The quantitative estimate of drug-likeness (QED) is 0.181. The van der Waals surface area contributed by atoms with Gasteiger partial charge in [-0.1, -0.05) is 43.2 Å². The first-order valence-corrected chi connectivity index (χ1v) is 19.3. The minimum Gasteiger partial charge on any atom is -0.496 e. The molecule has 4 fully saturated rings. The molecular weight excluding hydrogens is 652 g/mol. The van der Waals surface area contributed by atoms with E-state index in [1.807, 2.05) is 0 Å². The van der Waals surface area contributed by atoms with Crippen molar-refractivity contribution in [1.82, 2.24) is 19.8 Å². The number of hydrogen-bond acceptors (Lipinski definition) is 7. The van der Waals surface area contributed by atoms with Crippen LogP contribution in [0.15, 0.2) is 48.0 Å². The van der Waals surface area contributed by atoms with Gasteiger partial charge in [0.05, 0.1) is 27.2 Å². The number of hydrogen-bond donors (Lipinski definition) is 2. The van der Waals surface area contributed by atoms with Crippen molar-refractivity contribution in [3.05, 3.63) is 76.1 Å². The lowest BCUT2D eigenvalue weighted by Gasteiger charge is -2.57. The predicted molar refractivity (Wildman–Crippen MR) is 202 cm³/mol. The predicted octanol–water partition coefficient (Wildman–Crippen LogP) is 6.49.